The van der Waals surface area contributed by atoms with Gasteiger partial charge in [0.15, 0.2) is 0 Å². The smallest absolute Gasteiger partial charge is 0.242 e. The van der Waals surface area contributed by atoms with E-state index in [0.717, 1.165) is 77.2 Å². The van der Waals surface area contributed by atoms with Crippen molar-refractivity contribution in [1.82, 2.24) is 33.6 Å². The van der Waals surface area contributed by atoms with E-state index < -0.39 is 0 Å². The zero-order valence-corrected chi connectivity index (χ0v) is 28.4. The lowest BCUT2D eigenvalue weighted by molar-refractivity contribution is 0.839. The minimum atomic E-state index is 0.471. The summed E-state index contributed by atoms with van der Waals surface area (Å²) in [6.45, 7) is 0. The molecule has 0 aliphatic carbocycles. The molecule has 4 aromatic heterocycles. The predicted molar refractivity (Wildman–Crippen MR) is 214 cm³/mol. The predicted octanol–water partition coefficient (Wildman–Crippen LogP) is 10.7. The van der Waals surface area contributed by atoms with Gasteiger partial charge in [-0.25, -0.2) is 4.98 Å². The molecule has 7 nitrogen and oxygen atoms in total. The Morgan fingerprint density at radius 3 is 1.17 bits per heavy atom. The average Bonchev–Trinajstić information content (AvgIpc) is 3.90. The molecule has 7 aromatic carbocycles. The molecule has 0 spiro atoms. The van der Waals surface area contributed by atoms with E-state index >= 15 is 0 Å². The van der Waals surface area contributed by atoms with E-state index in [2.05, 4.69) is 165 Å². The van der Waals surface area contributed by atoms with Gasteiger partial charge in [0, 0.05) is 32.7 Å². The first-order valence-corrected chi connectivity index (χ1v) is 17.7. The summed E-state index contributed by atoms with van der Waals surface area (Å²) in [7, 11) is 0. The zero-order chi connectivity index (χ0) is 34.9. The van der Waals surface area contributed by atoms with Gasteiger partial charge in [-0.2, -0.15) is 15.0 Å². The number of rotatable bonds is 5. The van der Waals surface area contributed by atoms with Crippen LogP contribution in [0.5, 0.6) is 0 Å². The monoisotopic (exact) mass is 679 g/mol. The average molecular weight is 680 g/mol. The van der Waals surface area contributed by atoms with Crippen LogP contribution in [0.2, 0.25) is 0 Å². The van der Waals surface area contributed by atoms with Gasteiger partial charge in [-0.05, 0) is 35.9 Å². The number of para-hydroxylation sites is 5. The maximum Gasteiger partial charge on any atom is 0.242 e. The lowest BCUT2D eigenvalue weighted by Gasteiger charge is -2.15. The molecule has 0 fully saturated rings. The van der Waals surface area contributed by atoms with Gasteiger partial charge in [0.05, 0.1) is 33.1 Å². The fraction of sp³-hybridized carbons (Fsp3) is 0. The van der Waals surface area contributed by atoms with Crippen molar-refractivity contribution in [3.05, 3.63) is 176 Å². The second-order valence-corrected chi connectivity index (χ2v) is 13.2. The first-order valence-electron chi connectivity index (χ1n) is 17.7. The molecule has 0 aliphatic rings. The van der Waals surface area contributed by atoms with Gasteiger partial charge in [-0.1, -0.05) is 146 Å². The van der Waals surface area contributed by atoms with Gasteiger partial charge in [0.1, 0.15) is 5.82 Å². The highest BCUT2D eigenvalue weighted by molar-refractivity contribution is 6.10. The van der Waals surface area contributed by atoms with Crippen LogP contribution in [0.15, 0.2) is 176 Å². The van der Waals surface area contributed by atoms with Crippen molar-refractivity contribution in [2.24, 2.45) is 0 Å². The first-order chi connectivity index (χ1) is 26.3. The minimum absolute atomic E-state index is 0.471. The summed E-state index contributed by atoms with van der Waals surface area (Å²) < 4.78 is 6.43. The van der Waals surface area contributed by atoms with Gasteiger partial charge >= 0.3 is 0 Å². The van der Waals surface area contributed by atoms with Crippen molar-refractivity contribution in [3.63, 3.8) is 0 Å². The van der Waals surface area contributed by atoms with Gasteiger partial charge < -0.3 is 0 Å². The number of imidazole rings is 1. The molecule has 7 heteroatoms. The summed E-state index contributed by atoms with van der Waals surface area (Å²) in [6.07, 6.45) is 0. The van der Waals surface area contributed by atoms with E-state index in [0.29, 0.717) is 17.8 Å². The topological polar surface area (TPSA) is 66.3 Å². The van der Waals surface area contributed by atoms with Crippen LogP contribution in [0.25, 0.3) is 95.0 Å². The van der Waals surface area contributed by atoms with E-state index in [1.165, 1.54) is 0 Å². The van der Waals surface area contributed by atoms with Crippen molar-refractivity contribution in [1.29, 1.82) is 0 Å². The minimum Gasteiger partial charge on any atom is -0.278 e. The quantitative estimate of drug-likeness (QED) is 0.182. The molecule has 11 aromatic rings. The SMILES string of the molecule is c1ccc(-c2cccc3nc(-c4ccccc4)n(-c4nc(-n5c6ccccc6c6ccccc65)nc(-n5c6ccccc6c6ccccc65)n4)c23)cc1. The second kappa shape index (κ2) is 11.6. The lowest BCUT2D eigenvalue weighted by Crippen LogP contribution is -2.14. The molecule has 53 heavy (non-hydrogen) atoms. The van der Waals surface area contributed by atoms with Crippen LogP contribution in [-0.4, -0.2) is 33.6 Å². The van der Waals surface area contributed by atoms with E-state index in [1.807, 2.05) is 24.3 Å². The molecule has 0 atom stereocenters. The number of hydrogen-bond acceptors (Lipinski definition) is 4. The van der Waals surface area contributed by atoms with E-state index in [9.17, 15) is 0 Å². The molecular formula is C46H29N7. The highest BCUT2D eigenvalue weighted by Gasteiger charge is 2.24. The van der Waals surface area contributed by atoms with Crippen LogP contribution >= 0.6 is 0 Å². The Labute approximate surface area is 303 Å². The van der Waals surface area contributed by atoms with Gasteiger partial charge in [0.25, 0.3) is 0 Å². The fourth-order valence-electron chi connectivity index (χ4n) is 7.87. The summed E-state index contributed by atoms with van der Waals surface area (Å²) in [5.41, 5.74) is 8.91. The molecule has 0 unspecified atom stereocenters. The van der Waals surface area contributed by atoms with Crippen molar-refractivity contribution < 1.29 is 0 Å². The largest absolute Gasteiger partial charge is 0.278 e. The molecule has 11 rings (SSSR count). The normalized spacial score (nSPS) is 11.8. The molecule has 0 saturated carbocycles. The molecule has 4 heterocycles. The second-order valence-electron chi connectivity index (χ2n) is 13.2. The number of fused-ring (bicyclic) bond motifs is 7. The lowest BCUT2D eigenvalue weighted by atomic mass is 10.0. The number of nitrogens with zero attached hydrogens (tertiary/aromatic N) is 7. The molecule has 0 radical (unpaired) electrons. The summed E-state index contributed by atoms with van der Waals surface area (Å²) in [5, 5.41) is 4.53. The van der Waals surface area contributed by atoms with E-state index in [-0.39, 0.29) is 0 Å². The number of aromatic nitrogens is 7. The van der Waals surface area contributed by atoms with Crippen molar-refractivity contribution in [3.8, 4) is 40.4 Å². The van der Waals surface area contributed by atoms with Crippen LogP contribution in [0.4, 0.5) is 0 Å². The van der Waals surface area contributed by atoms with Crippen molar-refractivity contribution in [2.45, 2.75) is 0 Å². The third-order valence-corrected chi connectivity index (χ3v) is 10.2. The number of benzene rings is 7. The molecule has 248 valence electrons. The Morgan fingerprint density at radius 2 is 0.698 bits per heavy atom. The maximum atomic E-state index is 5.41. The van der Waals surface area contributed by atoms with Crippen LogP contribution in [-0.2, 0) is 0 Å². The van der Waals surface area contributed by atoms with Crippen LogP contribution in [0.1, 0.15) is 0 Å². The highest BCUT2D eigenvalue weighted by Crippen LogP contribution is 2.37. The summed E-state index contributed by atoms with van der Waals surface area (Å²) in [4.78, 5) is 21.5. The molecule has 0 bridgehead atoms. The Morgan fingerprint density at radius 1 is 0.302 bits per heavy atom. The Kier molecular flexibility index (Phi) is 6.42. The molecule has 0 amide bonds. The molecule has 0 N–H and O–H groups in total. The van der Waals surface area contributed by atoms with Gasteiger partial charge in [-0.3, -0.25) is 13.7 Å². The van der Waals surface area contributed by atoms with Crippen molar-refractivity contribution >= 4 is 54.6 Å². The van der Waals surface area contributed by atoms with Gasteiger partial charge in [0.2, 0.25) is 17.8 Å². The van der Waals surface area contributed by atoms with Crippen LogP contribution in [0, 0.1) is 0 Å². The summed E-state index contributed by atoms with van der Waals surface area (Å²) in [6, 6.07) is 60.7. The van der Waals surface area contributed by atoms with Crippen LogP contribution in [0.3, 0.4) is 0 Å². The Bertz CT molecular complexity index is 2930. The van der Waals surface area contributed by atoms with Gasteiger partial charge in [-0.15, -0.1) is 0 Å². The van der Waals surface area contributed by atoms with Crippen molar-refractivity contribution in [2.75, 3.05) is 0 Å². The zero-order valence-electron chi connectivity index (χ0n) is 28.4. The molecule has 0 aliphatic heterocycles. The highest BCUT2D eigenvalue weighted by atomic mass is 15.3. The first kappa shape index (κ1) is 29.4. The maximum absolute atomic E-state index is 5.41. The standard InChI is InChI=1S/C46H29N7/c1-3-16-30(17-4-1)32-24-15-25-37-42(32)53(43(47-37)31-18-5-2-6-19-31)46-49-44(51-38-26-11-7-20-33(38)34-21-8-12-27-39(34)51)48-45(50-46)52-40-28-13-9-22-35(40)36-23-10-14-29-41(36)52/h1-29H. The summed E-state index contributed by atoms with van der Waals surface area (Å²) in [5.74, 6) is 2.25. The van der Waals surface area contributed by atoms with E-state index in [1.54, 1.807) is 0 Å². The third kappa shape index (κ3) is 4.47. The molecular weight excluding hydrogens is 651 g/mol. The molecule has 0 saturated heterocycles. The Balaban J connectivity index is 1.31. The van der Waals surface area contributed by atoms with Crippen LogP contribution < -0.4 is 0 Å². The third-order valence-electron chi connectivity index (χ3n) is 10.2. The number of hydrogen-bond donors (Lipinski definition) is 0. The Hall–Kier alpha value is -7.38. The summed E-state index contributed by atoms with van der Waals surface area (Å²) >= 11 is 0. The fourth-order valence-corrected chi connectivity index (χ4v) is 7.87. The van der Waals surface area contributed by atoms with E-state index in [4.69, 9.17) is 19.9 Å².